The number of rotatable bonds is 4. The first-order valence-corrected chi connectivity index (χ1v) is 8.35. The van der Waals surface area contributed by atoms with E-state index in [0.717, 1.165) is 26.1 Å². The highest BCUT2D eigenvalue weighted by molar-refractivity contribution is 7.10. The van der Waals surface area contributed by atoms with Gasteiger partial charge in [-0.05, 0) is 43.8 Å². The summed E-state index contributed by atoms with van der Waals surface area (Å²) in [6.07, 6.45) is 2.15. The van der Waals surface area contributed by atoms with Gasteiger partial charge in [0.05, 0.1) is 6.04 Å². The maximum absolute atomic E-state index is 12.6. The van der Waals surface area contributed by atoms with Gasteiger partial charge in [0.25, 0.3) is 0 Å². The molecule has 0 aromatic carbocycles. The number of carbonyl (C=O) groups excluding carboxylic acids is 1. The minimum Gasteiger partial charge on any atom is -0.320 e. The minimum atomic E-state index is -0.0127. The van der Waals surface area contributed by atoms with Crippen molar-refractivity contribution in [1.82, 2.24) is 15.1 Å². The molecule has 3 atom stereocenters. The third kappa shape index (κ3) is 2.62. The zero-order valence-electron chi connectivity index (χ0n) is 12.2. The molecule has 2 aliphatic rings. The van der Waals surface area contributed by atoms with Crippen molar-refractivity contribution in [2.75, 3.05) is 26.7 Å². The van der Waals surface area contributed by atoms with Crippen LogP contribution in [0.15, 0.2) is 17.5 Å². The summed E-state index contributed by atoms with van der Waals surface area (Å²) in [5.74, 6) is 0.893. The minimum absolute atomic E-state index is 0.0127. The molecular weight excluding hydrogens is 270 g/mol. The molecule has 1 amide bonds. The van der Waals surface area contributed by atoms with E-state index in [1.54, 1.807) is 11.3 Å². The molecule has 0 saturated carbocycles. The Balaban J connectivity index is 1.75. The largest absolute Gasteiger partial charge is 0.320 e. The molecule has 2 aliphatic heterocycles. The van der Waals surface area contributed by atoms with Crippen LogP contribution in [0.1, 0.15) is 30.8 Å². The van der Waals surface area contributed by atoms with Crippen molar-refractivity contribution in [3.63, 3.8) is 0 Å². The smallest absolute Gasteiger partial charge is 0.241 e. The molecule has 0 bridgehead atoms. The third-order valence-corrected chi connectivity index (χ3v) is 5.34. The number of hydrogen-bond acceptors (Lipinski definition) is 4. The molecule has 110 valence electrons. The highest BCUT2D eigenvalue weighted by atomic mass is 32.1. The second kappa shape index (κ2) is 5.84. The number of likely N-dealkylation sites (tertiary alicyclic amines) is 1. The van der Waals surface area contributed by atoms with Gasteiger partial charge in [0.2, 0.25) is 5.91 Å². The van der Waals surface area contributed by atoms with Crippen LogP contribution in [0.2, 0.25) is 0 Å². The summed E-state index contributed by atoms with van der Waals surface area (Å²) in [6.45, 7) is 5.22. The van der Waals surface area contributed by atoms with Gasteiger partial charge < -0.3 is 9.80 Å². The summed E-state index contributed by atoms with van der Waals surface area (Å²) in [5, 5.41) is 5.59. The van der Waals surface area contributed by atoms with Crippen LogP contribution in [0.25, 0.3) is 0 Å². The SMILES string of the molecule is CCC1NC(c2cccs2)N(CC2CCN(C)C2)C1=O. The maximum atomic E-state index is 12.6. The summed E-state index contributed by atoms with van der Waals surface area (Å²) < 4.78 is 0. The van der Waals surface area contributed by atoms with Crippen LogP contribution in [0, 0.1) is 5.92 Å². The fourth-order valence-electron chi connectivity index (χ4n) is 3.30. The number of amides is 1. The Morgan fingerprint density at radius 1 is 1.50 bits per heavy atom. The van der Waals surface area contributed by atoms with Crippen LogP contribution in [0.5, 0.6) is 0 Å². The summed E-state index contributed by atoms with van der Waals surface area (Å²) in [5.41, 5.74) is 0. The first kappa shape index (κ1) is 14.0. The van der Waals surface area contributed by atoms with Crippen LogP contribution in [-0.2, 0) is 4.79 Å². The van der Waals surface area contributed by atoms with Gasteiger partial charge in [0.1, 0.15) is 6.17 Å². The van der Waals surface area contributed by atoms with E-state index in [0.29, 0.717) is 5.92 Å². The number of nitrogens with one attached hydrogen (secondary N) is 1. The Morgan fingerprint density at radius 2 is 2.35 bits per heavy atom. The Bertz CT molecular complexity index is 462. The van der Waals surface area contributed by atoms with E-state index < -0.39 is 0 Å². The summed E-state index contributed by atoms with van der Waals surface area (Å²) in [6, 6.07) is 4.18. The first-order chi connectivity index (χ1) is 9.69. The lowest BCUT2D eigenvalue weighted by Crippen LogP contribution is -2.35. The van der Waals surface area contributed by atoms with Crippen LogP contribution < -0.4 is 5.32 Å². The molecule has 3 unspecified atom stereocenters. The van der Waals surface area contributed by atoms with E-state index in [2.05, 4.69) is 46.6 Å². The Morgan fingerprint density at radius 3 is 2.95 bits per heavy atom. The average molecular weight is 293 g/mol. The molecule has 0 radical (unpaired) electrons. The Labute approximate surface area is 124 Å². The van der Waals surface area contributed by atoms with Gasteiger partial charge in [0, 0.05) is 18.0 Å². The van der Waals surface area contributed by atoms with Gasteiger partial charge >= 0.3 is 0 Å². The van der Waals surface area contributed by atoms with Crippen LogP contribution in [0.4, 0.5) is 0 Å². The maximum Gasteiger partial charge on any atom is 0.241 e. The molecule has 1 aromatic rings. The van der Waals surface area contributed by atoms with E-state index in [1.165, 1.54) is 11.3 Å². The number of carbonyl (C=O) groups is 1. The molecule has 20 heavy (non-hydrogen) atoms. The Kier molecular flexibility index (Phi) is 4.10. The normalized spacial score (nSPS) is 31.4. The lowest BCUT2D eigenvalue weighted by Gasteiger charge is -2.26. The van der Waals surface area contributed by atoms with E-state index in [9.17, 15) is 4.79 Å². The molecule has 2 saturated heterocycles. The predicted octanol–water partition coefficient (Wildman–Crippen LogP) is 1.91. The highest BCUT2D eigenvalue weighted by Crippen LogP contribution is 2.31. The Hall–Kier alpha value is -0.910. The fraction of sp³-hybridized carbons (Fsp3) is 0.667. The molecule has 4 nitrogen and oxygen atoms in total. The van der Waals surface area contributed by atoms with Gasteiger partial charge in [-0.25, -0.2) is 0 Å². The van der Waals surface area contributed by atoms with Gasteiger partial charge in [-0.2, -0.15) is 0 Å². The van der Waals surface area contributed by atoms with E-state index in [1.807, 2.05) is 0 Å². The summed E-state index contributed by atoms with van der Waals surface area (Å²) >= 11 is 1.73. The quantitative estimate of drug-likeness (QED) is 0.921. The molecule has 1 aromatic heterocycles. The van der Waals surface area contributed by atoms with Crippen molar-refractivity contribution in [3.8, 4) is 0 Å². The molecule has 3 heterocycles. The number of thiophene rings is 1. The van der Waals surface area contributed by atoms with Gasteiger partial charge in [-0.15, -0.1) is 11.3 Å². The van der Waals surface area contributed by atoms with E-state index >= 15 is 0 Å². The van der Waals surface area contributed by atoms with Gasteiger partial charge in [-0.1, -0.05) is 13.0 Å². The van der Waals surface area contributed by atoms with Crippen molar-refractivity contribution < 1.29 is 4.79 Å². The van der Waals surface area contributed by atoms with Crippen LogP contribution >= 0.6 is 11.3 Å². The van der Waals surface area contributed by atoms with Crippen molar-refractivity contribution in [2.24, 2.45) is 5.92 Å². The topological polar surface area (TPSA) is 35.6 Å². The average Bonchev–Trinajstić information content (AvgIpc) is 3.13. The fourth-order valence-corrected chi connectivity index (χ4v) is 4.10. The van der Waals surface area contributed by atoms with Crippen molar-refractivity contribution >= 4 is 17.2 Å². The van der Waals surface area contributed by atoms with Crippen LogP contribution in [0.3, 0.4) is 0 Å². The third-order valence-electron chi connectivity index (χ3n) is 4.42. The van der Waals surface area contributed by atoms with Crippen molar-refractivity contribution in [1.29, 1.82) is 0 Å². The number of nitrogens with zero attached hydrogens (tertiary/aromatic N) is 2. The summed E-state index contributed by atoms with van der Waals surface area (Å²) in [7, 11) is 2.16. The van der Waals surface area contributed by atoms with E-state index in [4.69, 9.17) is 0 Å². The molecule has 0 aliphatic carbocycles. The number of hydrogen-bond donors (Lipinski definition) is 1. The molecule has 2 fully saturated rings. The molecule has 3 rings (SSSR count). The lowest BCUT2D eigenvalue weighted by molar-refractivity contribution is -0.130. The zero-order chi connectivity index (χ0) is 14.1. The zero-order valence-corrected chi connectivity index (χ0v) is 13.0. The highest BCUT2D eigenvalue weighted by Gasteiger charge is 2.40. The molecular formula is C15H23N3OS. The predicted molar refractivity (Wildman–Crippen MR) is 81.6 cm³/mol. The lowest BCUT2D eigenvalue weighted by atomic mass is 10.1. The van der Waals surface area contributed by atoms with Crippen molar-refractivity contribution in [3.05, 3.63) is 22.4 Å². The monoisotopic (exact) mass is 293 g/mol. The van der Waals surface area contributed by atoms with Gasteiger partial charge in [0.15, 0.2) is 0 Å². The molecule has 5 heteroatoms. The van der Waals surface area contributed by atoms with Crippen LogP contribution in [-0.4, -0.2) is 48.4 Å². The van der Waals surface area contributed by atoms with Crippen molar-refractivity contribution in [2.45, 2.75) is 32.0 Å². The second-order valence-corrected chi connectivity index (χ2v) is 6.93. The molecule has 1 N–H and O–H groups in total. The van der Waals surface area contributed by atoms with Gasteiger partial charge in [-0.3, -0.25) is 10.1 Å². The molecule has 0 spiro atoms. The first-order valence-electron chi connectivity index (χ1n) is 7.47. The van der Waals surface area contributed by atoms with E-state index in [-0.39, 0.29) is 18.1 Å². The summed E-state index contributed by atoms with van der Waals surface area (Å²) in [4.78, 5) is 18.2. The second-order valence-electron chi connectivity index (χ2n) is 5.95. The standard InChI is InChI=1S/C15H23N3OS/c1-3-12-15(19)18(10-11-6-7-17(2)9-11)14(16-12)13-5-4-8-20-13/h4-5,8,11-12,14,16H,3,6-7,9-10H2,1-2H3.